The van der Waals surface area contributed by atoms with Gasteiger partial charge in [0, 0.05) is 36.4 Å². The van der Waals surface area contributed by atoms with E-state index < -0.39 is 6.04 Å². The molecule has 3 aromatic carbocycles. The van der Waals surface area contributed by atoms with Crippen LogP contribution in [0.15, 0.2) is 78.9 Å². The fourth-order valence-corrected chi connectivity index (χ4v) is 4.04. The number of anilines is 3. The van der Waals surface area contributed by atoms with Gasteiger partial charge in [0.2, 0.25) is 11.8 Å². The second kappa shape index (κ2) is 9.69. The van der Waals surface area contributed by atoms with Crippen molar-refractivity contribution in [3.63, 3.8) is 0 Å². The molecule has 32 heavy (non-hydrogen) atoms. The Morgan fingerprint density at radius 1 is 0.844 bits per heavy atom. The van der Waals surface area contributed by atoms with Crippen molar-refractivity contribution in [2.45, 2.75) is 39.3 Å². The van der Waals surface area contributed by atoms with Crippen molar-refractivity contribution >= 4 is 28.9 Å². The minimum atomic E-state index is -0.515. The summed E-state index contributed by atoms with van der Waals surface area (Å²) in [5.74, 6) is 0.116. The maximum absolute atomic E-state index is 13.2. The van der Waals surface area contributed by atoms with Gasteiger partial charge in [-0.2, -0.15) is 0 Å². The molecule has 1 heterocycles. The number of nitrogens with zero attached hydrogens (tertiary/aromatic N) is 1. The highest BCUT2D eigenvalue weighted by Gasteiger charge is 2.34. The second-order valence-electron chi connectivity index (χ2n) is 8.67. The van der Waals surface area contributed by atoms with Crippen molar-refractivity contribution in [3.05, 3.63) is 90.0 Å². The first-order chi connectivity index (χ1) is 15.5. The standard InChI is InChI=1S/C27H29N3O2/c1-19(2)16-26(31)30-18-21-9-7-6-8-20(21)17-25(30)27(32)29-24-14-12-23(13-15-24)28-22-10-4-3-5-11-22/h3-15,19,25,28H,16-18H2,1-2H3,(H,29,32). The average Bonchev–Trinajstić information content (AvgIpc) is 2.79. The summed E-state index contributed by atoms with van der Waals surface area (Å²) in [5.41, 5.74) is 4.90. The Labute approximate surface area is 189 Å². The van der Waals surface area contributed by atoms with Crippen LogP contribution >= 0.6 is 0 Å². The molecule has 0 saturated carbocycles. The summed E-state index contributed by atoms with van der Waals surface area (Å²) in [4.78, 5) is 27.9. The van der Waals surface area contributed by atoms with E-state index in [2.05, 4.69) is 10.6 Å². The molecule has 5 nitrogen and oxygen atoms in total. The van der Waals surface area contributed by atoms with E-state index in [0.29, 0.717) is 25.1 Å². The Kier molecular flexibility index (Phi) is 6.55. The molecule has 0 radical (unpaired) electrons. The van der Waals surface area contributed by atoms with Crippen LogP contribution < -0.4 is 10.6 Å². The summed E-state index contributed by atoms with van der Waals surface area (Å²) in [7, 11) is 0. The fourth-order valence-electron chi connectivity index (χ4n) is 4.04. The maximum Gasteiger partial charge on any atom is 0.247 e. The minimum absolute atomic E-state index is 0.0251. The lowest BCUT2D eigenvalue weighted by atomic mass is 9.92. The molecule has 5 heteroatoms. The maximum atomic E-state index is 13.2. The Morgan fingerprint density at radius 3 is 2.12 bits per heavy atom. The van der Waals surface area contributed by atoms with Crippen LogP contribution in [-0.2, 0) is 22.6 Å². The van der Waals surface area contributed by atoms with Gasteiger partial charge in [0.05, 0.1) is 0 Å². The quantitative estimate of drug-likeness (QED) is 0.556. The minimum Gasteiger partial charge on any atom is -0.356 e. The van der Waals surface area contributed by atoms with Crippen LogP contribution in [0.1, 0.15) is 31.4 Å². The van der Waals surface area contributed by atoms with Crippen molar-refractivity contribution in [2.75, 3.05) is 10.6 Å². The van der Waals surface area contributed by atoms with Crippen molar-refractivity contribution in [1.82, 2.24) is 4.90 Å². The number of rotatable bonds is 6. The largest absolute Gasteiger partial charge is 0.356 e. The molecule has 164 valence electrons. The molecule has 0 aliphatic carbocycles. The van der Waals surface area contributed by atoms with Gasteiger partial charge in [-0.25, -0.2) is 0 Å². The highest BCUT2D eigenvalue weighted by atomic mass is 16.2. The number of fused-ring (bicyclic) bond motifs is 1. The number of para-hydroxylation sites is 1. The number of hydrogen-bond acceptors (Lipinski definition) is 3. The van der Waals surface area contributed by atoms with Crippen LogP contribution in [-0.4, -0.2) is 22.8 Å². The zero-order valence-corrected chi connectivity index (χ0v) is 18.5. The molecule has 1 atom stereocenters. The zero-order valence-electron chi connectivity index (χ0n) is 18.5. The lowest BCUT2D eigenvalue weighted by Crippen LogP contribution is -2.50. The van der Waals surface area contributed by atoms with Gasteiger partial charge in [-0.3, -0.25) is 9.59 Å². The van der Waals surface area contributed by atoms with Crippen molar-refractivity contribution in [3.8, 4) is 0 Å². The number of benzene rings is 3. The number of nitrogens with one attached hydrogen (secondary N) is 2. The van der Waals surface area contributed by atoms with Gasteiger partial charge in [0.1, 0.15) is 6.04 Å². The van der Waals surface area contributed by atoms with Crippen molar-refractivity contribution < 1.29 is 9.59 Å². The number of carbonyl (C=O) groups excluding carboxylic acids is 2. The zero-order chi connectivity index (χ0) is 22.5. The van der Waals surface area contributed by atoms with E-state index in [1.165, 1.54) is 0 Å². The Hall–Kier alpha value is -3.60. The van der Waals surface area contributed by atoms with Crippen LogP contribution in [0.2, 0.25) is 0 Å². The van der Waals surface area contributed by atoms with Gasteiger partial charge < -0.3 is 15.5 Å². The fraction of sp³-hybridized carbons (Fsp3) is 0.259. The Bertz CT molecular complexity index is 1080. The molecule has 0 bridgehead atoms. The number of carbonyl (C=O) groups is 2. The van der Waals surface area contributed by atoms with Gasteiger partial charge in [0.15, 0.2) is 0 Å². The van der Waals surface area contributed by atoms with Crippen LogP contribution in [0.25, 0.3) is 0 Å². The van der Waals surface area contributed by atoms with Gasteiger partial charge in [-0.15, -0.1) is 0 Å². The molecule has 2 N–H and O–H groups in total. The third-order valence-corrected chi connectivity index (χ3v) is 5.67. The predicted octanol–water partition coefficient (Wildman–Crippen LogP) is 5.37. The number of amides is 2. The van der Waals surface area contributed by atoms with Crippen LogP contribution in [0.4, 0.5) is 17.1 Å². The molecule has 1 aliphatic heterocycles. The van der Waals surface area contributed by atoms with Crippen LogP contribution in [0.5, 0.6) is 0 Å². The van der Waals surface area contributed by atoms with E-state index in [4.69, 9.17) is 0 Å². The van der Waals surface area contributed by atoms with Crippen LogP contribution in [0.3, 0.4) is 0 Å². The summed E-state index contributed by atoms with van der Waals surface area (Å²) in [6.45, 7) is 4.52. The molecule has 0 saturated heterocycles. The van der Waals surface area contributed by atoms with E-state index >= 15 is 0 Å². The predicted molar refractivity (Wildman–Crippen MR) is 129 cm³/mol. The first kappa shape index (κ1) is 21.6. The molecule has 0 fully saturated rings. The summed E-state index contributed by atoms with van der Waals surface area (Å²) < 4.78 is 0. The first-order valence-corrected chi connectivity index (χ1v) is 11.1. The van der Waals surface area contributed by atoms with E-state index in [1.807, 2.05) is 92.7 Å². The monoisotopic (exact) mass is 427 g/mol. The smallest absolute Gasteiger partial charge is 0.247 e. The number of hydrogen-bond donors (Lipinski definition) is 2. The molecule has 1 aliphatic rings. The molecule has 1 unspecified atom stereocenters. The van der Waals surface area contributed by atoms with E-state index in [0.717, 1.165) is 22.5 Å². The highest BCUT2D eigenvalue weighted by molar-refractivity contribution is 5.97. The van der Waals surface area contributed by atoms with Crippen molar-refractivity contribution in [2.24, 2.45) is 5.92 Å². The van der Waals surface area contributed by atoms with Crippen LogP contribution in [0, 0.1) is 5.92 Å². The SMILES string of the molecule is CC(C)CC(=O)N1Cc2ccccc2CC1C(=O)Nc1ccc(Nc2ccccc2)cc1. The summed E-state index contributed by atoms with van der Waals surface area (Å²) in [6, 6.07) is 25.1. The summed E-state index contributed by atoms with van der Waals surface area (Å²) >= 11 is 0. The first-order valence-electron chi connectivity index (χ1n) is 11.1. The molecule has 4 rings (SSSR count). The van der Waals surface area contributed by atoms with Crippen molar-refractivity contribution in [1.29, 1.82) is 0 Å². The molecule has 2 amide bonds. The van der Waals surface area contributed by atoms with Gasteiger partial charge in [-0.05, 0) is 53.4 Å². The van der Waals surface area contributed by atoms with Gasteiger partial charge in [0.25, 0.3) is 0 Å². The molecular weight excluding hydrogens is 398 g/mol. The molecule has 0 spiro atoms. The van der Waals surface area contributed by atoms with E-state index in [-0.39, 0.29) is 17.7 Å². The summed E-state index contributed by atoms with van der Waals surface area (Å²) in [5, 5.41) is 6.34. The molecular formula is C27H29N3O2. The molecule has 0 aromatic heterocycles. The lowest BCUT2D eigenvalue weighted by molar-refractivity contribution is -0.140. The topological polar surface area (TPSA) is 61.4 Å². The molecule has 3 aromatic rings. The summed E-state index contributed by atoms with van der Waals surface area (Å²) in [6.07, 6.45) is 0.964. The van der Waals surface area contributed by atoms with E-state index in [9.17, 15) is 9.59 Å². The highest BCUT2D eigenvalue weighted by Crippen LogP contribution is 2.26. The third-order valence-electron chi connectivity index (χ3n) is 5.67. The average molecular weight is 428 g/mol. The Balaban J connectivity index is 1.48. The second-order valence-corrected chi connectivity index (χ2v) is 8.67. The third kappa shape index (κ3) is 5.17. The van der Waals surface area contributed by atoms with Gasteiger partial charge in [-0.1, -0.05) is 56.3 Å². The van der Waals surface area contributed by atoms with Gasteiger partial charge >= 0.3 is 0 Å². The normalized spacial score (nSPS) is 15.2. The Morgan fingerprint density at radius 2 is 1.44 bits per heavy atom. The lowest BCUT2D eigenvalue weighted by Gasteiger charge is -2.36. The van der Waals surface area contributed by atoms with E-state index in [1.54, 1.807) is 4.90 Å².